The quantitative estimate of drug-likeness (QED) is 0.481. The summed E-state index contributed by atoms with van der Waals surface area (Å²) in [6.45, 7) is 0.782. The Balaban J connectivity index is 1.86. The molecule has 2 aromatic heterocycles. The third-order valence-electron chi connectivity index (χ3n) is 4.66. The fourth-order valence-electron chi connectivity index (χ4n) is 3.56. The summed E-state index contributed by atoms with van der Waals surface area (Å²) < 4.78 is 17.5. The molecule has 1 aliphatic heterocycles. The van der Waals surface area contributed by atoms with E-state index >= 15 is 0 Å². The summed E-state index contributed by atoms with van der Waals surface area (Å²) in [6, 6.07) is 11.1. The van der Waals surface area contributed by atoms with Gasteiger partial charge in [-0.15, -0.1) is 10.2 Å². The molecule has 0 fully saturated rings. The van der Waals surface area contributed by atoms with Crippen molar-refractivity contribution in [1.82, 2.24) is 19.6 Å². The van der Waals surface area contributed by atoms with Gasteiger partial charge in [-0.25, -0.2) is 4.39 Å². The van der Waals surface area contributed by atoms with Gasteiger partial charge >= 0.3 is 0 Å². The van der Waals surface area contributed by atoms with Gasteiger partial charge in [-0.05, 0) is 42.7 Å². The number of hydrogen-bond acceptors (Lipinski definition) is 4. The second-order valence-corrected chi connectivity index (χ2v) is 6.92. The lowest BCUT2D eigenvalue weighted by molar-refractivity contribution is 0.638. The first-order valence-electron chi connectivity index (χ1n) is 8.07. The van der Waals surface area contributed by atoms with Crippen LogP contribution in [0.4, 0.5) is 15.9 Å². The highest BCUT2D eigenvalue weighted by Gasteiger charge is 2.25. The lowest BCUT2D eigenvalue weighted by Crippen LogP contribution is -2.26. The number of rotatable bonds is 1. The molecule has 124 valence electrons. The molecular formula is C18H13BrFN5. The van der Waals surface area contributed by atoms with Crippen LogP contribution >= 0.6 is 15.9 Å². The molecule has 7 heteroatoms. The first-order valence-corrected chi connectivity index (χ1v) is 8.86. The number of anilines is 2. The molecule has 0 N–H and O–H groups in total. The van der Waals surface area contributed by atoms with E-state index in [0.29, 0.717) is 22.5 Å². The van der Waals surface area contributed by atoms with Gasteiger partial charge in [-0.1, -0.05) is 28.1 Å². The fraction of sp³-hybridized carbons (Fsp3) is 0.167. The van der Waals surface area contributed by atoms with Crippen LogP contribution in [0, 0.1) is 5.82 Å². The van der Waals surface area contributed by atoms with E-state index < -0.39 is 0 Å². The topological polar surface area (TPSA) is 46.3 Å². The maximum atomic E-state index is 14.8. The van der Waals surface area contributed by atoms with E-state index in [1.807, 2.05) is 18.2 Å². The van der Waals surface area contributed by atoms with Gasteiger partial charge in [-0.2, -0.15) is 4.98 Å². The van der Waals surface area contributed by atoms with Crippen LogP contribution in [0.3, 0.4) is 0 Å². The summed E-state index contributed by atoms with van der Waals surface area (Å²) in [4.78, 5) is 6.72. The Hall–Kier alpha value is -2.54. The zero-order chi connectivity index (χ0) is 17.0. The predicted molar refractivity (Wildman–Crippen MR) is 97.7 cm³/mol. The Morgan fingerprint density at radius 1 is 1.12 bits per heavy atom. The van der Waals surface area contributed by atoms with Crippen molar-refractivity contribution in [3.8, 4) is 0 Å². The minimum Gasteiger partial charge on any atom is -0.325 e. The molecule has 0 saturated carbocycles. The van der Waals surface area contributed by atoms with Gasteiger partial charge in [0.15, 0.2) is 0 Å². The molecular weight excluding hydrogens is 385 g/mol. The van der Waals surface area contributed by atoms with Crippen LogP contribution < -0.4 is 4.90 Å². The van der Waals surface area contributed by atoms with Crippen molar-refractivity contribution < 1.29 is 4.39 Å². The van der Waals surface area contributed by atoms with Gasteiger partial charge in [-0.3, -0.25) is 4.40 Å². The van der Waals surface area contributed by atoms with Crippen molar-refractivity contribution in [2.24, 2.45) is 0 Å². The van der Waals surface area contributed by atoms with Gasteiger partial charge in [0, 0.05) is 16.7 Å². The third kappa shape index (κ3) is 2.15. The highest BCUT2D eigenvalue weighted by Crippen LogP contribution is 2.39. The van der Waals surface area contributed by atoms with Crippen LogP contribution in [0.2, 0.25) is 0 Å². The summed E-state index contributed by atoms with van der Waals surface area (Å²) in [5.74, 6) is 0.764. The second kappa shape index (κ2) is 5.49. The standard InChI is InChI=1S/C18H13BrFN5/c19-12-5-1-7-14-11(12)4-3-9-24(14)17-16-13(20)6-2-8-15(16)25-10-21-23-18(25)22-17/h1-2,5-8,10H,3-4,9H2. The average Bonchev–Trinajstić information content (AvgIpc) is 3.10. The monoisotopic (exact) mass is 397 g/mol. The molecule has 0 amide bonds. The summed E-state index contributed by atoms with van der Waals surface area (Å²) in [5.41, 5.74) is 3.00. The molecule has 1 aliphatic rings. The van der Waals surface area contributed by atoms with E-state index in [9.17, 15) is 4.39 Å². The number of benzene rings is 2. The van der Waals surface area contributed by atoms with Crippen LogP contribution in [0.1, 0.15) is 12.0 Å². The van der Waals surface area contributed by atoms with E-state index in [2.05, 4.69) is 42.1 Å². The highest BCUT2D eigenvalue weighted by atomic mass is 79.9. The zero-order valence-corrected chi connectivity index (χ0v) is 14.7. The van der Waals surface area contributed by atoms with Gasteiger partial charge in [0.25, 0.3) is 5.78 Å². The van der Waals surface area contributed by atoms with Crippen molar-refractivity contribution in [3.63, 3.8) is 0 Å². The molecule has 0 aliphatic carbocycles. The molecule has 0 atom stereocenters. The SMILES string of the molecule is Fc1cccc2c1c(N1CCCc3c(Br)cccc31)nc1nncn12. The molecule has 0 bridgehead atoms. The number of aromatic nitrogens is 4. The number of hydrogen-bond donors (Lipinski definition) is 0. The van der Waals surface area contributed by atoms with Crippen LogP contribution in [0.5, 0.6) is 0 Å². The molecule has 0 spiro atoms. The fourth-order valence-corrected chi connectivity index (χ4v) is 4.11. The molecule has 25 heavy (non-hydrogen) atoms. The lowest BCUT2D eigenvalue weighted by Gasteiger charge is -2.31. The zero-order valence-electron chi connectivity index (χ0n) is 13.2. The lowest BCUT2D eigenvalue weighted by atomic mass is 10.0. The molecule has 0 unspecified atom stereocenters. The first-order chi connectivity index (χ1) is 12.2. The summed E-state index contributed by atoms with van der Waals surface area (Å²) >= 11 is 3.63. The van der Waals surface area contributed by atoms with Crippen LogP contribution in [0.15, 0.2) is 47.2 Å². The maximum Gasteiger partial charge on any atom is 0.257 e. The Labute approximate surface area is 151 Å². The largest absolute Gasteiger partial charge is 0.325 e. The third-order valence-corrected chi connectivity index (χ3v) is 5.40. The number of fused-ring (bicyclic) bond motifs is 4. The summed E-state index contributed by atoms with van der Waals surface area (Å²) in [7, 11) is 0. The Morgan fingerprint density at radius 2 is 2.00 bits per heavy atom. The first kappa shape index (κ1) is 14.8. The van der Waals surface area contributed by atoms with E-state index in [0.717, 1.165) is 29.5 Å². The minimum atomic E-state index is -0.294. The van der Waals surface area contributed by atoms with Crippen LogP contribution in [-0.2, 0) is 6.42 Å². The Bertz CT molecular complexity index is 1120. The smallest absolute Gasteiger partial charge is 0.257 e. The predicted octanol–water partition coefficient (Wildman–Crippen LogP) is 4.26. The Kier molecular flexibility index (Phi) is 3.24. The Morgan fingerprint density at radius 3 is 2.92 bits per heavy atom. The average molecular weight is 398 g/mol. The summed E-state index contributed by atoms with van der Waals surface area (Å²) in [6.07, 6.45) is 3.53. The minimum absolute atomic E-state index is 0.294. The van der Waals surface area contributed by atoms with Crippen molar-refractivity contribution in [1.29, 1.82) is 0 Å². The van der Waals surface area contributed by atoms with Crippen LogP contribution in [0.25, 0.3) is 16.7 Å². The normalized spacial score (nSPS) is 14.2. The summed E-state index contributed by atoms with van der Waals surface area (Å²) in [5, 5.41) is 8.49. The molecule has 2 aromatic carbocycles. The van der Waals surface area contributed by atoms with E-state index in [-0.39, 0.29) is 5.82 Å². The molecule has 4 aromatic rings. The number of halogens is 2. The van der Waals surface area contributed by atoms with Gasteiger partial charge in [0.2, 0.25) is 0 Å². The van der Waals surface area contributed by atoms with E-state index in [1.54, 1.807) is 16.8 Å². The molecule has 5 rings (SSSR count). The maximum absolute atomic E-state index is 14.8. The van der Waals surface area contributed by atoms with Crippen molar-refractivity contribution in [2.75, 3.05) is 11.4 Å². The van der Waals surface area contributed by atoms with E-state index in [1.165, 1.54) is 11.6 Å². The molecule has 5 nitrogen and oxygen atoms in total. The van der Waals surface area contributed by atoms with Crippen molar-refractivity contribution >= 4 is 44.1 Å². The van der Waals surface area contributed by atoms with Gasteiger partial charge in [0.1, 0.15) is 18.0 Å². The van der Waals surface area contributed by atoms with Crippen molar-refractivity contribution in [3.05, 3.63) is 58.6 Å². The number of nitrogens with zero attached hydrogens (tertiary/aromatic N) is 5. The molecule has 0 saturated heterocycles. The molecule has 3 heterocycles. The highest BCUT2D eigenvalue weighted by molar-refractivity contribution is 9.10. The molecule has 0 radical (unpaired) electrons. The van der Waals surface area contributed by atoms with E-state index in [4.69, 9.17) is 0 Å². The van der Waals surface area contributed by atoms with Crippen LogP contribution in [-0.4, -0.2) is 26.1 Å². The second-order valence-electron chi connectivity index (χ2n) is 6.06. The van der Waals surface area contributed by atoms with Gasteiger partial charge in [0.05, 0.1) is 10.9 Å². The van der Waals surface area contributed by atoms with Crippen molar-refractivity contribution in [2.45, 2.75) is 12.8 Å². The van der Waals surface area contributed by atoms with Gasteiger partial charge < -0.3 is 4.90 Å².